The summed E-state index contributed by atoms with van der Waals surface area (Å²) in [6, 6.07) is 28.2. The Kier molecular flexibility index (Phi) is 7.47. The number of amides is 1. The maximum Gasteiger partial charge on any atom is 0.267 e. The molecule has 0 atom stereocenters. The highest BCUT2D eigenvalue weighted by atomic mass is 32.2. The summed E-state index contributed by atoms with van der Waals surface area (Å²) in [5.74, 6) is 2.59. The first kappa shape index (κ1) is 24.1. The zero-order valence-corrected chi connectivity index (χ0v) is 20.8. The van der Waals surface area contributed by atoms with Gasteiger partial charge in [0.1, 0.15) is 23.0 Å². The smallest absolute Gasteiger partial charge is 0.267 e. The Balaban J connectivity index is 1.39. The molecular formula is C29H23N3O4S. The van der Waals surface area contributed by atoms with Crippen LogP contribution >= 0.6 is 11.8 Å². The number of furan rings is 1. The van der Waals surface area contributed by atoms with Gasteiger partial charge in [0.15, 0.2) is 5.17 Å². The topological polar surface area (TPSA) is 76.6 Å². The molecule has 7 nitrogen and oxygen atoms in total. The Hall–Kier alpha value is -4.56. The van der Waals surface area contributed by atoms with Gasteiger partial charge in [0.05, 0.1) is 31.0 Å². The summed E-state index contributed by atoms with van der Waals surface area (Å²) in [6.45, 7) is 0.247. The molecule has 0 radical (unpaired) electrons. The number of amidine groups is 1. The number of para-hydroxylation sites is 2. The number of nitrogens with zero attached hydrogens (tertiary/aromatic N) is 3. The van der Waals surface area contributed by atoms with E-state index in [0.29, 0.717) is 27.3 Å². The standard InChI is InChI=1S/C29H23N3O4S/c1-34-26-15-6-5-10-22(26)18-27-28(33)32(20-25-14-8-16-35-25)29(37-27)31-30-19-21-9-7-13-24(17-21)36-23-11-3-2-4-12-23/h2-19H,20H2,1H3/b27-18-,30-19-,31-29+. The zero-order valence-electron chi connectivity index (χ0n) is 20.0. The van der Waals surface area contributed by atoms with E-state index in [-0.39, 0.29) is 12.5 Å². The minimum Gasteiger partial charge on any atom is -0.496 e. The second-order valence-electron chi connectivity index (χ2n) is 7.94. The predicted octanol–water partition coefficient (Wildman–Crippen LogP) is 6.59. The highest BCUT2D eigenvalue weighted by molar-refractivity contribution is 8.18. The molecule has 0 unspecified atom stereocenters. The molecule has 1 aliphatic rings. The molecule has 1 fully saturated rings. The monoisotopic (exact) mass is 509 g/mol. The van der Waals surface area contributed by atoms with Crippen LogP contribution in [0, 0.1) is 0 Å². The molecule has 1 saturated heterocycles. The van der Waals surface area contributed by atoms with Crippen molar-refractivity contribution >= 4 is 35.1 Å². The summed E-state index contributed by atoms with van der Waals surface area (Å²) >= 11 is 1.25. The Labute approximate surface area is 218 Å². The molecule has 5 rings (SSSR count). The largest absolute Gasteiger partial charge is 0.496 e. The van der Waals surface area contributed by atoms with Crippen LogP contribution in [0.4, 0.5) is 0 Å². The van der Waals surface area contributed by atoms with Crippen molar-refractivity contribution in [2.24, 2.45) is 10.2 Å². The number of benzene rings is 3. The number of rotatable bonds is 8. The molecule has 3 aromatic carbocycles. The molecule has 8 heteroatoms. The van der Waals surface area contributed by atoms with Gasteiger partial charge in [0.2, 0.25) is 0 Å². The van der Waals surface area contributed by atoms with Crippen LogP contribution in [-0.2, 0) is 11.3 Å². The third kappa shape index (κ3) is 5.99. The summed E-state index contributed by atoms with van der Waals surface area (Å²) in [5, 5.41) is 9.10. The van der Waals surface area contributed by atoms with E-state index in [2.05, 4.69) is 10.2 Å². The summed E-state index contributed by atoms with van der Waals surface area (Å²) in [4.78, 5) is 15.4. The molecule has 1 amide bonds. The van der Waals surface area contributed by atoms with Crippen molar-refractivity contribution in [1.29, 1.82) is 0 Å². The van der Waals surface area contributed by atoms with E-state index in [9.17, 15) is 4.79 Å². The van der Waals surface area contributed by atoms with Crippen LogP contribution in [0.5, 0.6) is 17.2 Å². The molecule has 37 heavy (non-hydrogen) atoms. The van der Waals surface area contributed by atoms with Gasteiger partial charge >= 0.3 is 0 Å². The molecule has 0 bridgehead atoms. The Bertz CT molecular complexity index is 1460. The van der Waals surface area contributed by atoms with Gasteiger partial charge in [0.25, 0.3) is 5.91 Å². The van der Waals surface area contributed by atoms with Gasteiger partial charge in [-0.2, -0.15) is 5.10 Å². The number of hydrogen-bond donors (Lipinski definition) is 0. The van der Waals surface area contributed by atoms with E-state index < -0.39 is 0 Å². The summed E-state index contributed by atoms with van der Waals surface area (Å²) in [7, 11) is 1.60. The lowest BCUT2D eigenvalue weighted by molar-refractivity contribution is -0.122. The number of thioether (sulfide) groups is 1. The molecule has 1 aromatic heterocycles. The van der Waals surface area contributed by atoms with Crippen LogP contribution in [-0.4, -0.2) is 29.3 Å². The minimum absolute atomic E-state index is 0.181. The normalized spacial score (nSPS) is 15.7. The van der Waals surface area contributed by atoms with E-state index in [0.717, 1.165) is 16.9 Å². The van der Waals surface area contributed by atoms with E-state index >= 15 is 0 Å². The van der Waals surface area contributed by atoms with E-state index in [1.54, 1.807) is 36.6 Å². The quantitative estimate of drug-likeness (QED) is 0.152. The molecule has 0 aliphatic carbocycles. The van der Waals surface area contributed by atoms with Crippen LogP contribution in [0.25, 0.3) is 6.08 Å². The number of carbonyl (C=O) groups excluding carboxylic acids is 1. The van der Waals surface area contributed by atoms with Gasteiger partial charge in [-0.3, -0.25) is 9.69 Å². The average Bonchev–Trinajstić information content (AvgIpc) is 3.54. The van der Waals surface area contributed by atoms with E-state index in [1.807, 2.05) is 84.9 Å². The first-order valence-electron chi connectivity index (χ1n) is 11.5. The van der Waals surface area contributed by atoms with E-state index in [4.69, 9.17) is 13.9 Å². The first-order valence-corrected chi connectivity index (χ1v) is 12.3. The van der Waals surface area contributed by atoms with E-state index in [1.165, 1.54) is 11.8 Å². The fourth-order valence-corrected chi connectivity index (χ4v) is 4.56. The van der Waals surface area contributed by atoms with Crippen molar-refractivity contribution in [2.45, 2.75) is 6.54 Å². The summed E-state index contributed by atoms with van der Waals surface area (Å²) < 4.78 is 16.8. The number of hydrogen-bond acceptors (Lipinski definition) is 7. The average molecular weight is 510 g/mol. The third-order valence-corrected chi connectivity index (χ3v) is 6.39. The Morgan fingerprint density at radius 1 is 0.946 bits per heavy atom. The van der Waals surface area contributed by atoms with Crippen molar-refractivity contribution in [3.63, 3.8) is 0 Å². The number of carbonyl (C=O) groups is 1. The van der Waals surface area contributed by atoms with Gasteiger partial charge < -0.3 is 13.9 Å². The zero-order chi connectivity index (χ0) is 25.5. The van der Waals surface area contributed by atoms with Crippen molar-refractivity contribution in [1.82, 2.24) is 4.90 Å². The van der Waals surface area contributed by atoms with Gasteiger partial charge in [-0.05, 0) is 65.9 Å². The molecule has 0 saturated carbocycles. The Morgan fingerprint density at radius 3 is 2.57 bits per heavy atom. The molecule has 1 aliphatic heterocycles. The van der Waals surface area contributed by atoms with Crippen LogP contribution in [0.15, 0.2) is 117 Å². The second kappa shape index (κ2) is 11.5. The van der Waals surface area contributed by atoms with Crippen LogP contribution in [0.3, 0.4) is 0 Å². The molecule has 4 aromatic rings. The van der Waals surface area contributed by atoms with Crippen molar-refractivity contribution < 1.29 is 18.7 Å². The molecule has 2 heterocycles. The van der Waals surface area contributed by atoms with Gasteiger partial charge in [-0.15, -0.1) is 5.10 Å². The molecule has 0 spiro atoms. The lowest BCUT2D eigenvalue weighted by Gasteiger charge is -2.12. The molecule has 184 valence electrons. The first-order chi connectivity index (χ1) is 18.2. The summed E-state index contributed by atoms with van der Waals surface area (Å²) in [5.41, 5.74) is 1.62. The van der Waals surface area contributed by atoms with Crippen molar-refractivity contribution in [2.75, 3.05) is 7.11 Å². The van der Waals surface area contributed by atoms with Crippen molar-refractivity contribution in [3.05, 3.63) is 119 Å². The SMILES string of the molecule is COc1ccccc1/C=C1\S/C(=N/N=C\c2cccc(Oc3ccccc3)c2)N(Cc2ccco2)C1=O. The van der Waals surface area contributed by atoms with Gasteiger partial charge in [0, 0.05) is 5.56 Å². The predicted molar refractivity (Wildman–Crippen MR) is 146 cm³/mol. The fourth-order valence-electron chi connectivity index (χ4n) is 3.64. The number of ether oxygens (including phenoxy) is 2. The van der Waals surface area contributed by atoms with Crippen LogP contribution < -0.4 is 9.47 Å². The highest BCUT2D eigenvalue weighted by Gasteiger charge is 2.34. The summed E-state index contributed by atoms with van der Waals surface area (Å²) in [6.07, 6.45) is 5.01. The molecular weight excluding hydrogens is 486 g/mol. The van der Waals surface area contributed by atoms with Gasteiger partial charge in [-0.25, -0.2) is 0 Å². The number of methoxy groups -OCH3 is 1. The van der Waals surface area contributed by atoms with Crippen molar-refractivity contribution in [3.8, 4) is 17.2 Å². The third-order valence-electron chi connectivity index (χ3n) is 5.39. The van der Waals surface area contributed by atoms with Gasteiger partial charge in [-0.1, -0.05) is 48.5 Å². The minimum atomic E-state index is -0.181. The van der Waals surface area contributed by atoms with Crippen LogP contribution in [0.2, 0.25) is 0 Å². The fraction of sp³-hybridized carbons (Fsp3) is 0.0690. The lowest BCUT2D eigenvalue weighted by atomic mass is 10.2. The maximum atomic E-state index is 13.3. The Morgan fingerprint density at radius 2 is 1.76 bits per heavy atom. The van der Waals surface area contributed by atoms with Crippen LogP contribution in [0.1, 0.15) is 16.9 Å². The lowest BCUT2D eigenvalue weighted by Crippen LogP contribution is -2.28. The maximum absolute atomic E-state index is 13.3. The second-order valence-corrected chi connectivity index (χ2v) is 8.95. The molecule has 0 N–H and O–H groups in total. The highest BCUT2D eigenvalue weighted by Crippen LogP contribution is 2.35.